The monoisotopic (exact) mass is 277 g/mol. The van der Waals surface area contributed by atoms with Crippen LogP contribution in [0.25, 0.3) is 0 Å². The number of aromatic nitrogens is 2. The first kappa shape index (κ1) is 13.8. The summed E-state index contributed by atoms with van der Waals surface area (Å²) in [4.78, 5) is 0. The summed E-state index contributed by atoms with van der Waals surface area (Å²) in [6, 6.07) is 8.11. The quantitative estimate of drug-likeness (QED) is 0.789. The van der Waals surface area contributed by atoms with Gasteiger partial charge < -0.3 is 10.1 Å². The summed E-state index contributed by atoms with van der Waals surface area (Å²) in [6.45, 7) is 2.82. The van der Waals surface area contributed by atoms with Crippen molar-refractivity contribution in [3.8, 4) is 5.75 Å². The zero-order valence-electron chi connectivity index (χ0n) is 11.3. The third-order valence-corrected chi connectivity index (χ3v) is 3.82. The Kier molecular flexibility index (Phi) is 5.15. The zero-order valence-corrected chi connectivity index (χ0v) is 12.2. The van der Waals surface area contributed by atoms with E-state index in [9.17, 15) is 0 Å². The summed E-state index contributed by atoms with van der Waals surface area (Å²) >= 11 is 1.62. The van der Waals surface area contributed by atoms with Crippen LogP contribution in [0.2, 0.25) is 0 Å². The molecule has 2 rings (SSSR count). The molecule has 1 heterocycles. The normalized spacial score (nSPS) is 10.4. The number of anilines is 1. The molecule has 0 aliphatic heterocycles. The molecule has 0 saturated carbocycles. The van der Waals surface area contributed by atoms with Crippen molar-refractivity contribution in [1.82, 2.24) is 10.2 Å². The second-order valence-corrected chi connectivity index (χ2v) is 5.38. The Morgan fingerprint density at radius 3 is 2.79 bits per heavy atom. The van der Waals surface area contributed by atoms with Gasteiger partial charge in [0.25, 0.3) is 0 Å². The lowest BCUT2D eigenvalue weighted by atomic mass is 10.2. The first-order valence-corrected chi connectivity index (χ1v) is 7.30. The van der Waals surface area contributed by atoms with Gasteiger partial charge in [0.05, 0.1) is 6.61 Å². The molecule has 0 unspecified atom stereocenters. The van der Waals surface area contributed by atoms with Crippen molar-refractivity contribution in [1.29, 1.82) is 0 Å². The van der Waals surface area contributed by atoms with E-state index in [0.717, 1.165) is 41.8 Å². The minimum atomic E-state index is 0.753. The Bertz CT molecular complexity index is 513. The van der Waals surface area contributed by atoms with Crippen molar-refractivity contribution < 1.29 is 4.74 Å². The van der Waals surface area contributed by atoms with Gasteiger partial charge in [-0.3, -0.25) is 0 Å². The van der Waals surface area contributed by atoms with Crippen LogP contribution >= 0.6 is 11.3 Å². The molecule has 0 atom stereocenters. The Labute approximate surface area is 117 Å². The van der Waals surface area contributed by atoms with Crippen LogP contribution in [-0.4, -0.2) is 23.9 Å². The fourth-order valence-electron chi connectivity index (χ4n) is 1.73. The minimum Gasteiger partial charge on any atom is -0.493 e. The van der Waals surface area contributed by atoms with Gasteiger partial charge in [-0.1, -0.05) is 29.5 Å². The van der Waals surface area contributed by atoms with Crippen LogP contribution < -0.4 is 10.1 Å². The Hall–Kier alpha value is -1.62. The molecule has 4 nitrogen and oxygen atoms in total. The number of para-hydroxylation sites is 1. The zero-order chi connectivity index (χ0) is 13.5. The number of ether oxygens (including phenoxy) is 1. The van der Waals surface area contributed by atoms with Crippen LogP contribution in [0.5, 0.6) is 5.75 Å². The molecule has 0 saturated heterocycles. The summed E-state index contributed by atoms with van der Waals surface area (Å²) in [7, 11) is 1.86. The first-order valence-electron chi connectivity index (χ1n) is 6.48. The van der Waals surface area contributed by atoms with Crippen LogP contribution in [0.4, 0.5) is 5.13 Å². The van der Waals surface area contributed by atoms with Crippen LogP contribution in [-0.2, 0) is 6.42 Å². The molecule has 0 bridgehead atoms. The standard InChI is InChI=1S/C14H19N3OS/c1-11-7-3-4-8-12(11)18-10-6-5-9-13-16-17-14(15-2)19-13/h3-4,7-8H,5-6,9-10H2,1-2H3,(H,15,17). The highest BCUT2D eigenvalue weighted by Crippen LogP contribution is 2.18. The van der Waals surface area contributed by atoms with E-state index >= 15 is 0 Å². The van der Waals surface area contributed by atoms with Gasteiger partial charge in [-0.05, 0) is 31.4 Å². The molecule has 0 aliphatic carbocycles. The lowest BCUT2D eigenvalue weighted by molar-refractivity contribution is 0.305. The molecule has 19 heavy (non-hydrogen) atoms. The van der Waals surface area contributed by atoms with Gasteiger partial charge >= 0.3 is 0 Å². The van der Waals surface area contributed by atoms with Crippen LogP contribution in [0.15, 0.2) is 24.3 Å². The lowest BCUT2D eigenvalue weighted by Gasteiger charge is -2.07. The molecular weight excluding hydrogens is 258 g/mol. The third-order valence-electron chi connectivity index (χ3n) is 2.82. The molecule has 0 aliphatic rings. The minimum absolute atomic E-state index is 0.753. The predicted octanol–water partition coefficient (Wildman–Crippen LogP) is 3.29. The second-order valence-electron chi connectivity index (χ2n) is 4.32. The molecule has 1 N–H and O–H groups in total. The molecule has 0 amide bonds. The number of nitrogens with one attached hydrogen (secondary N) is 1. The Morgan fingerprint density at radius 2 is 2.05 bits per heavy atom. The summed E-state index contributed by atoms with van der Waals surface area (Å²) in [5, 5.41) is 13.1. The van der Waals surface area contributed by atoms with Gasteiger partial charge in [0.15, 0.2) is 0 Å². The van der Waals surface area contributed by atoms with E-state index in [1.54, 1.807) is 11.3 Å². The van der Waals surface area contributed by atoms with Crippen molar-refractivity contribution in [3.63, 3.8) is 0 Å². The topological polar surface area (TPSA) is 47.0 Å². The van der Waals surface area contributed by atoms with Gasteiger partial charge in [-0.25, -0.2) is 0 Å². The maximum Gasteiger partial charge on any atom is 0.205 e. The van der Waals surface area contributed by atoms with E-state index in [1.807, 2.05) is 25.2 Å². The van der Waals surface area contributed by atoms with Crippen molar-refractivity contribution in [2.75, 3.05) is 19.0 Å². The SMILES string of the molecule is CNc1nnc(CCCCOc2ccccc2C)s1. The molecule has 0 fully saturated rings. The molecule has 1 aromatic heterocycles. The highest BCUT2D eigenvalue weighted by atomic mass is 32.1. The Balaban J connectivity index is 1.66. The number of aryl methyl sites for hydroxylation is 2. The largest absolute Gasteiger partial charge is 0.493 e. The van der Waals surface area contributed by atoms with Crippen LogP contribution in [0, 0.1) is 6.92 Å². The predicted molar refractivity (Wildman–Crippen MR) is 79.1 cm³/mol. The average molecular weight is 277 g/mol. The van der Waals surface area contributed by atoms with Gasteiger partial charge in [-0.15, -0.1) is 10.2 Å². The van der Waals surface area contributed by atoms with Crippen LogP contribution in [0.1, 0.15) is 23.4 Å². The van der Waals surface area contributed by atoms with Crippen molar-refractivity contribution >= 4 is 16.5 Å². The molecule has 0 spiro atoms. The van der Waals surface area contributed by atoms with E-state index in [4.69, 9.17) is 4.74 Å². The van der Waals surface area contributed by atoms with E-state index in [-0.39, 0.29) is 0 Å². The number of benzene rings is 1. The summed E-state index contributed by atoms with van der Waals surface area (Å²) in [6.07, 6.45) is 3.07. The molecule has 0 radical (unpaired) electrons. The van der Waals surface area contributed by atoms with Crippen molar-refractivity contribution in [2.45, 2.75) is 26.2 Å². The maximum atomic E-state index is 5.76. The second kappa shape index (κ2) is 7.09. The van der Waals surface area contributed by atoms with Gasteiger partial charge in [0, 0.05) is 13.5 Å². The number of unbranched alkanes of at least 4 members (excludes halogenated alkanes) is 1. The highest BCUT2D eigenvalue weighted by Gasteiger charge is 2.02. The molecule has 1 aromatic carbocycles. The van der Waals surface area contributed by atoms with Gasteiger partial charge in [0.2, 0.25) is 5.13 Å². The molecule has 2 aromatic rings. The lowest BCUT2D eigenvalue weighted by Crippen LogP contribution is -1.99. The smallest absolute Gasteiger partial charge is 0.205 e. The van der Waals surface area contributed by atoms with Crippen molar-refractivity contribution in [3.05, 3.63) is 34.8 Å². The molecule has 102 valence electrons. The highest BCUT2D eigenvalue weighted by molar-refractivity contribution is 7.15. The fourth-order valence-corrected chi connectivity index (χ4v) is 2.47. The van der Waals surface area contributed by atoms with Gasteiger partial charge in [-0.2, -0.15) is 0 Å². The van der Waals surface area contributed by atoms with Gasteiger partial charge in [0.1, 0.15) is 10.8 Å². The number of rotatable bonds is 7. The number of hydrogen-bond donors (Lipinski definition) is 1. The summed E-state index contributed by atoms with van der Waals surface area (Å²) < 4.78 is 5.76. The third kappa shape index (κ3) is 4.21. The van der Waals surface area contributed by atoms with Crippen molar-refractivity contribution in [2.24, 2.45) is 0 Å². The molecular formula is C14H19N3OS. The van der Waals surface area contributed by atoms with Crippen LogP contribution in [0.3, 0.4) is 0 Å². The van der Waals surface area contributed by atoms with E-state index in [2.05, 4.69) is 28.5 Å². The average Bonchev–Trinajstić information content (AvgIpc) is 2.88. The Morgan fingerprint density at radius 1 is 1.21 bits per heavy atom. The number of hydrogen-bond acceptors (Lipinski definition) is 5. The number of nitrogens with zero attached hydrogens (tertiary/aromatic N) is 2. The first-order chi connectivity index (χ1) is 9.29. The molecule has 5 heteroatoms. The summed E-state index contributed by atoms with van der Waals surface area (Å²) in [5.74, 6) is 0.982. The summed E-state index contributed by atoms with van der Waals surface area (Å²) in [5.41, 5.74) is 1.19. The van der Waals surface area contributed by atoms with E-state index in [1.165, 1.54) is 5.56 Å². The fraction of sp³-hybridized carbons (Fsp3) is 0.429. The maximum absolute atomic E-state index is 5.76. The van der Waals surface area contributed by atoms with E-state index < -0.39 is 0 Å². The van der Waals surface area contributed by atoms with E-state index in [0.29, 0.717) is 0 Å².